The van der Waals surface area contributed by atoms with Crippen LogP contribution in [0.2, 0.25) is 0 Å². The fraction of sp³-hybridized carbons (Fsp3) is 0.800. The first-order chi connectivity index (χ1) is 3.77. The van der Waals surface area contributed by atoms with Crippen molar-refractivity contribution in [1.82, 2.24) is 5.32 Å². The standard InChI is InChI=1S/C5H11NO2.H2I/c1-2-3-4-6-5(7)8;/h6H,2-4H2,1H3,(H,7,8);1H2/q;+1/p-1. The molecule has 0 saturated heterocycles. The van der Waals surface area contributed by atoms with Crippen LogP contribution in [-0.2, 0) is 0 Å². The maximum Gasteiger partial charge on any atom is 0.235 e. The van der Waals surface area contributed by atoms with Gasteiger partial charge in [-0.05, 0) is 6.42 Å². The first-order valence-corrected chi connectivity index (χ1v) is 2.72. The number of unbranched alkanes of at least 4 members (excludes halogenated alkanes) is 1. The highest BCUT2D eigenvalue weighted by Gasteiger charge is 1.80. The molecular weight excluding hydrogens is 233 g/mol. The largest absolute Gasteiger partial charge is 0.530 e. The summed E-state index contributed by atoms with van der Waals surface area (Å²) in [6, 6.07) is 0. The van der Waals surface area contributed by atoms with Crippen LogP contribution in [0, 0.1) is 0 Å². The van der Waals surface area contributed by atoms with Gasteiger partial charge in [0.15, 0.2) is 0 Å². The summed E-state index contributed by atoms with van der Waals surface area (Å²) in [4.78, 5) is 9.65. The van der Waals surface area contributed by atoms with E-state index in [1.54, 1.807) is 0 Å². The highest BCUT2D eigenvalue weighted by molar-refractivity contribution is 5.61. The summed E-state index contributed by atoms with van der Waals surface area (Å²) in [6.45, 7) is 2.51. The van der Waals surface area contributed by atoms with Crippen molar-refractivity contribution >= 4 is 6.09 Å². The maximum absolute atomic E-state index is 9.65. The minimum absolute atomic E-state index is 0. The van der Waals surface area contributed by atoms with Crippen LogP contribution in [0.5, 0.6) is 0 Å². The van der Waals surface area contributed by atoms with E-state index in [0.29, 0.717) is 6.54 Å². The van der Waals surface area contributed by atoms with Gasteiger partial charge in [0, 0.05) is 6.54 Å². The second kappa shape index (κ2) is 8.00. The molecule has 0 aromatic rings. The summed E-state index contributed by atoms with van der Waals surface area (Å²) in [7, 11) is 0. The van der Waals surface area contributed by atoms with E-state index in [4.69, 9.17) is 0 Å². The number of rotatable bonds is 3. The Balaban J connectivity index is 0. The van der Waals surface area contributed by atoms with E-state index >= 15 is 0 Å². The molecule has 56 valence electrons. The lowest BCUT2D eigenvalue weighted by Crippen LogP contribution is -3.00. The van der Waals surface area contributed by atoms with Crippen molar-refractivity contribution in [2.45, 2.75) is 19.8 Å². The predicted octanol–water partition coefficient (Wildman–Crippen LogP) is -3.81. The summed E-state index contributed by atoms with van der Waals surface area (Å²) in [5.41, 5.74) is 0. The summed E-state index contributed by atoms with van der Waals surface area (Å²) < 4.78 is 0. The molecule has 4 heteroatoms. The lowest BCUT2D eigenvalue weighted by atomic mass is 10.3. The molecule has 9 heavy (non-hydrogen) atoms. The van der Waals surface area contributed by atoms with Gasteiger partial charge in [-0.1, -0.05) is 13.3 Å². The molecule has 0 atom stereocenters. The summed E-state index contributed by atoms with van der Waals surface area (Å²) in [5, 5.41) is 11.8. The SMILES string of the molecule is CCCCNC(=O)[O-].[IH2+]. The highest BCUT2D eigenvalue weighted by atomic mass is 127. The first-order valence-electron chi connectivity index (χ1n) is 2.72. The van der Waals surface area contributed by atoms with E-state index in [9.17, 15) is 9.90 Å². The molecule has 1 N–H and O–H groups in total. The molecule has 0 bridgehead atoms. The van der Waals surface area contributed by atoms with Gasteiger partial charge in [0.25, 0.3) is 0 Å². The van der Waals surface area contributed by atoms with E-state index in [1.807, 2.05) is 6.92 Å². The number of halogens is 1. The average Bonchev–Trinajstić information content (AvgIpc) is 1.66. The quantitative estimate of drug-likeness (QED) is 0.409. The van der Waals surface area contributed by atoms with Crippen molar-refractivity contribution in [2.75, 3.05) is 6.54 Å². The molecule has 0 spiro atoms. The van der Waals surface area contributed by atoms with E-state index in [-0.39, 0.29) is 24.0 Å². The van der Waals surface area contributed by atoms with Crippen LogP contribution in [0.1, 0.15) is 19.8 Å². The molecule has 0 unspecified atom stereocenters. The number of carbonyl (C=O) groups is 1. The minimum Gasteiger partial charge on any atom is -0.530 e. The normalized spacial score (nSPS) is 7.67. The van der Waals surface area contributed by atoms with Gasteiger partial charge in [-0.2, -0.15) is 0 Å². The molecule has 3 nitrogen and oxygen atoms in total. The van der Waals surface area contributed by atoms with E-state index in [2.05, 4.69) is 5.32 Å². The van der Waals surface area contributed by atoms with Gasteiger partial charge in [-0.25, -0.2) is 0 Å². The third-order valence-corrected chi connectivity index (χ3v) is 0.800. The molecule has 0 fully saturated rings. The number of nitrogens with one attached hydrogen (secondary N) is 1. The molecule has 0 aliphatic rings. The number of hydrogen-bond donors (Lipinski definition) is 1. The summed E-state index contributed by atoms with van der Waals surface area (Å²) in [6.07, 6.45) is 0.701. The van der Waals surface area contributed by atoms with Crippen molar-refractivity contribution < 1.29 is 33.9 Å². The van der Waals surface area contributed by atoms with Crippen LogP contribution in [0.25, 0.3) is 0 Å². The lowest BCUT2D eigenvalue weighted by molar-refractivity contribution is -0.250. The Morgan fingerprint density at radius 2 is 2.22 bits per heavy atom. The molecule has 0 aliphatic heterocycles. The molecule has 1 amide bonds. The minimum atomic E-state index is -1.18. The Hall–Kier alpha value is 0. The molecule has 0 aromatic heterocycles. The van der Waals surface area contributed by atoms with Gasteiger partial charge >= 0.3 is 0 Å². The Morgan fingerprint density at radius 3 is 2.56 bits per heavy atom. The predicted molar refractivity (Wildman–Crippen MR) is 31.1 cm³/mol. The molecule has 0 aliphatic carbocycles. The Morgan fingerprint density at radius 1 is 1.67 bits per heavy atom. The Bertz CT molecular complexity index is 77.4. The van der Waals surface area contributed by atoms with Gasteiger partial charge in [0.05, 0.1) is 0 Å². The van der Waals surface area contributed by atoms with E-state index < -0.39 is 6.09 Å². The van der Waals surface area contributed by atoms with Gasteiger partial charge in [-0.15, -0.1) is 0 Å². The molecule has 0 rings (SSSR count). The van der Waals surface area contributed by atoms with Gasteiger partial charge < -0.3 is 15.2 Å². The molecular formula is C5H12INO2. The van der Waals surface area contributed by atoms with Crippen LogP contribution in [0.3, 0.4) is 0 Å². The van der Waals surface area contributed by atoms with Crippen LogP contribution < -0.4 is 34.4 Å². The van der Waals surface area contributed by atoms with Crippen LogP contribution in [0.4, 0.5) is 4.79 Å². The third-order valence-electron chi connectivity index (χ3n) is 0.800. The topological polar surface area (TPSA) is 52.2 Å². The second-order valence-electron chi connectivity index (χ2n) is 1.57. The summed E-state index contributed by atoms with van der Waals surface area (Å²) in [5.74, 6) is 0. The third kappa shape index (κ3) is 11.5. The monoisotopic (exact) mass is 245 g/mol. The number of amides is 1. The molecule has 0 heterocycles. The maximum atomic E-state index is 9.65. The fourth-order valence-corrected chi connectivity index (χ4v) is 0.367. The summed E-state index contributed by atoms with van der Waals surface area (Å²) >= 11 is 0. The first kappa shape index (κ1) is 11.8. The second-order valence-corrected chi connectivity index (χ2v) is 1.57. The van der Waals surface area contributed by atoms with Crippen LogP contribution >= 0.6 is 0 Å². The zero-order valence-corrected chi connectivity index (χ0v) is 7.94. The lowest BCUT2D eigenvalue weighted by Gasteiger charge is -2.02. The van der Waals surface area contributed by atoms with Crippen molar-refractivity contribution in [2.24, 2.45) is 0 Å². The van der Waals surface area contributed by atoms with Crippen molar-refractivity contribution in [3.8, 4) is 0 Å². The average molecular weight is 245 g/mol. The van der Waals surface area contributed by atoms with Crippen molar-refractivity contribution in [3.63, 3.8) is 0 Å². The van der Waals surface area contributed by atoms with Gasteiger partial charge in [0.1, 0.15) is 6.09 Å². The Kier molecular flexibility index (Phi) is 10.4. The van der Waals surface area contributed by atoms with Crippen molar-refractivity contribution in [3.05, 3.63) is 0 Å². The van der Waals surface area contributed by atoms with Crippen molar-refractivity contribution in [1.29, 1.82) is 0 Å². The number of carboxylic acid groups (broad SMARTS) is 1. The van der Waals surface area contributed by atoms with E-state index in [0.717, 1.165) is 12.8 Å². The smallest absolute Gasteiger partial charge is 0.235 e. The van der Waals surface area contributed by atoms with E-state index in [1.165, 1.54) is 0 Å². The highest BCUT2D eigenvalue weighted by Crippen LogP contribution is 1.80. The fourth-order valence-electron chi connectivity index (χ4n) is 0.367. The zero-order valence-electron chi connectivity index (χ0n) is 5.39. The van der Waals surface area contributed by atoms with Gasteiger partial charge in [0.2, 0.25) is 24.0 Å². The zero-order chi connectivity index (χ0) is 6.41. The molecule has 0 saturated carbocycles. The molecule has 0 aromatic carbocycles. The number of carbonyl (C=O) groups excluding carboxylic acids is 1. The Labute approximate surface area is 71.8 Å². The van der Waals surface area contributed by atoms with Crippen LogP contribution in [0.15, 0.2) is 0 Å². The van der Waals surface area contributed by atoms with Crippen LogP contribution in [-0.4, -0.2) is 12.6 Å². The van der Waals surface area contributed by atoms with Gasteiger partial charge in [-0.3, -0.25) is 0 Å². The number of hydrogen-bond acceptors (Lipinski definition) is 2. The molecule has 0 radical (unpaired) electrons.